The zero-order valence-corrected chi connectivity index (χ0v) is 10.9. The molecular weight excluding hydrogens is 244 g/mol. The second-order valence-electron chi connectivity index (χ2n) is 4.11. The van der Waals surface area contributed by atoms with E-state index in [1.165, 1.54) is 0 Å². The van der Waals surface area contributed by atoms with E-state index in [2.05, 4.69) is 20.5 Å². The Bertz CT molecular complexity index is 565. The Kier molecular flexibility index (Phi) is 4.12. The van der Waals surface area contributed by atoms with Gasteiger partial charge in [-0.2, -0.15) is 4.98 Å². The Hall–Kier alpha value is -2.37. The molecule has 100 valence electrons. The number of aromatic nitrogens is 3. The van der Waals surface area contributed by atoms with Gasteiger partial charge in [0, 0.05) is 0 Å². The maximum Gasteiger partial charge on any atom is 0.337 e. The zero-order chi connectivity index (χ0) is 13.7. The van der Waals surface area contributed by atoms with Crippen LogP contribution in [0.2, 0.25) is 0 Å². The highest BCUT2D eigenvalue weighted by atomic mass is 16.5. The van der Waals surface area contributed by atoms with Gasteiger partial charge in [0.05, 0.1) is 13.0 Å². The number of nitrogens with zero attached hydrogens (tertiary/aromatic N) is 2. The third-order valence-corrected chi connectivity index (χ3v) is 2.44. The number of ether oxygens (including phenoxy) is 1. The molecule has 0 aliphatic rings. The molecule has 19 heavy (non-hydrogen) atoms. The van der Waals surface area contributed by atoms with Crippen molar-refractivity contribution in [1.82, 2.24) is 15.2 Å². The number of benzene rings is 1. The molecule has 2 aromatic rings. The maximum atomic E-state index is 11.8. The van der Waals surface area contributed by atoms with Crippen molar-refractivity contribution >= 4 is 11.9 Å². The molecule has 0 radical (unpaired) electrons. The molecule has 6 heteroatoms. The topological polar surface area (TPSA) is 79.9 Å². The molecule has 0 aliphatic carbocycles. The first kappa shape index (κ1) is 13.1. The number of hydrogen-bond acceptors (Lipinski definition) is 4. The van der Waals surface area contributed by atoms with Crippen LogP contribution in [-0.2, 0) is 11.2 Å². The molecule has 0 saturated carbocycles. The van der Waals surface area contributed by atoms with E-state index < -0.39 is 0 Å². The van der Waals surface area contributed by atoms with Gasteiger partial charge in [0.25, 0.3) is 0 Å². The van der Waals surface area contributed by atoms with Gasteiger partial charge in [-0.15, -0.1) is 5.10 Å². The predicted octanol–water partition coefficient (Wildman–Crippen LogP) is 1.69. The smallest absolute Gasteiger partial charge is 0.337 e. The summed E-state index contributed by atoms with van der Waals surface area (Å²) in [4.78, 5) is 15.8. The van der Waals surface area contributed by atoms with E-state index in [0.717, 1.165) is 11.1 Å². The van der Waals surface area contributed by atoms with Crippen LogP contribution in [-0.4, -0.2) is 27.7 Å². The molecule has 0 bridgehead atoms. The summed E-state index contributed by atoms with van der Waals surface area (Å²) in [6, 6.07) is 8.05. The molecule has 0 aliphatic heterocycles. The van der Waals surface area contributed by atoms with Crippen LogP contribution in [0.3, 0.4) is 0 Å². The summed E-state index contributed by atoms with van der Waals surface area (Å²) in [5.74, 6) is 0.144. The van der Waals surface area contributed by atoms with E-state index in [1.807, 2.05) is 38.1 Å². The van der Waals surface area contributed by atoms with E-state index in [-0.39, 0.29) is 11.9 Å². The minimum Gasteiger partial charge on any atom is -0.463 e. The molecule has 1 aromatic heterocycles. The van der Waals surface area contributed by atoms with Crippen molar-refractivity contribution in [3.63, 3.8) is 0 Å². The lowest BCUT2D eigenvalue weighted by atomic mass is 10.1. The van der Waals surface area contributed by atoms with Crippen molar-refractivity contribution < 1.29 is 9.53 Å². The monoisotopic (exact) mass is 260 g/mol. The van der Waals surface area contributed by atoms with E-state index in [4.69, 9.17) is 4.74 Å². The third-order valence-electron chi connectivity index (χ3n) is 2.44. The number of hydrogen-bond donors (Lipinski definition) is 2. The van der Waals surface area contributed by atoms with Crippen molar-refractivity contribution in [1.29, 1.82) is 0 Å². The Balaban J connectivity index is 1.93. The minimum absolute atomic E-state index is 0.148. The van der Waals surface area contributed by atoms with Crippen LogP contribution in [0.25, 0.3) is 0 Å². The number of aryl methyl sites for hydroxylation is 1. The minimum atomic E-state index is -0.148. The van der Waals surface area contributed by atoms with Gasteiger partial charge in [-0.1, -0.05) is 29.8 Å². The average molecular weight is 260 g/mol. The average Bonchev–Trinajstić information content (AvgIpc) is 2.77. The number of carbonyl (C=O) groups is 1. The lowest BCUT2D eigenvalue weighted by Crippen LogP contribution is -2.15. The van der Waals surface area contributed by atoms with E-state index in [0.29, 0.717) is 19.0 Å². The number of H-pyrrole nitrogens is 1. The molecule has 1 aromatic carbocycles. The van der Waals surface area contributed by atoms with Gasteiger partial charge in [-0.25, -0.2) is 5.10 Å². The Morgan fingerprint density at radius 3 is 3.05 bits per heavy atom. The summed E-state index contributed by atoms with van der Waals surface area (Å²) in [6.07, 6.45) is 0.298. The fourth-order valence-electron chi connectivity index (χ4n) is 1.68. The van der Waals surface area contributed by atoms with Crippen LogP contribution < -0.4 is 10.1 Å². The Labute approximate surface area is 111 Å². The molecule has 0 saturated heterocycles. The molecule has 6 nitrogen and oxygen atoms in total. The van der Waals surface area contributed by atoms with Crippen LogP contribution in [0, 0.1) is 6.92 Å². The normalized spacial score (nSPS) is 10.2. The van der Waals surface area contributed by atoms with Crippen molar-refractivity contribution in [3.8, 4) is 6.01 Å². The fraction of sp³-hybridized carbons (Fsp3) is 0.308. The van der Waals surface area contributed by atoms with Crippen LogP contribution >= 0.6 is 0 Å². The van der Waals surface area contributed by atoms with Gasteiger partial charge < -0.3 is 4.74 Å². The first-order chi connectivity index (χ1) is 9.17. The summed E-state index contributed by atoms with van der Waals surface area (Å²) in [5, 5.41) is 9.05. The third kappa shape index (κ3) is 3.80. The molecule has 1 heterocycles. The number of rotatable bonds is 5. The number of aromatic amines is 1. The Morgan fingerprint density at radius 1 is 1.47 bits per heavy atom. The number of amides is 1. The van der Waals surface area contributed by atoms with E-state index in [1.54, 1.807) is 0 Å². The van der Waals surface area contributed by atoms with Gasteiger partial charge in [0.15, 0.2) is 0 Å². The SMILES string of the molecule is CCOc1n[nH]c(NC(=O)Cc2cccc(C)c2)n1. The van der Waals surface area contributed by atoms with Crippen LogP contribution in [0.4, 0.5) is 5.95 Å². The molecule has 0 atom stereocenters. The number of carbonyl (C=O) groups excluding carboxylic acids is 1. The fourth-order valence-corrected chi connectivity index (χ4v) is 1.68. The molecule has 1 amide bonds. The highest BCUT2D eigenvalue weighted by Gasteiger charge is 2.08. The summed E-state index contributed by atoms with van der Waals surface area (Å²) in [7, 11) is 0. The molecule has 0 unspecified atom stereocenters. The Morgan fingerprint density at radius 2 is 2.32 bits per heavy atom. The second kappa shape index (κ2) is 5.99. The molecular formula is C13H16N4O2. The molecule has 0 fully saturated rings. The number of anilines is 1. The predicted molar refractivity (Wildman–Crippen MR) is 71.1 cm³/mol. The van der Waals surface area contributed by atoms with Gasteiger partial charge in [-0.05, 0) is 19.4 Å². The van der Waals surface area contributed by atoms with Gasteiger partial charge in [0.2, 0.25) is 11.9 Å². The molecule has 2 N–H and O–H groups in total. The zero-order valence-electron chi connectivity index (χ0n) is 10.9. The maximum absolute atomic E-state index is 11.8. The van der Waals surface area contributed by atoms with E-state index >= 15 is 0 Å². The van der Waals surface area contributed by atoms with Crippen molar-refractivity contribution in [2.45, 2.75) is 20.3 Å². The van der Waals surface area contributed by atoms with Gasteiger partial charge >= 0.3 is 6.01 Å². The highest BCUT2D eigenvalue weighted by Crippen LogP contribution is 2.08. The number of nitrogens with one attached hydrogen (secondary N) is 2. The van der Waals surface area contributed by atoms with Crippen molar-refractivity contribution in [2.75, 3.05) is 11.9 Å². The summed E-state index contributed by atoms with van der Waals surface area (Å²) in [6.45, 7) is 4.31. The van der Waals surface area contributed by atoms with Gasteiger partial charge in [0.1, 0.15) is 0 Å². The lowest BCUT2D eigenvalue weighted by molar-refractivity contribution is -0.115. The summed E-state index contributed by atoms with van der Waals surface area (Å²) >= 11 is 0. The van der Waals surface area contributed by atoms with Crippen LogP contribution in [0.5, 0.6) is 6.01 Å². The lowest BCUT2D eigenvalue weighted by Gasteiger charge is -2.02. The first-order valence-electron chi connectivity index (χ1n) is 6.08. The van der Waals surface area contributed by atoms with Crippen molar-refractivity contribution in [2.24, 2.45) is 0 Å². The highest BCUT2D eigenvalue weighted by molar-refractivity contribution is 5.90. The second-order valence-corrected chi connectivity index (χ2v) is 4.11. The van der Waals surface area contributed by atoms with Crippen LogP contribution in [0.15, 0.2) is 24.3 Å². The van der Waals surface area contributed by atoms with Gasteiger partial charge in [-0.3, -0.25) is 10.1 Å². The largest absolute Gasteiger partial charge is 0.463 e. The summed E-state index contributed by atoms with van der Waals surface area (Å²) < 4.78 is 5.10. The molecule has 0 spiro atoms. The standard InChI is InChI=1S/C13H16N4O2/c1-3-19-13-15-12(16-17-13)14-11(18)8-10-6-4-5-9(2)7-10/h4-7H,3,8H2,1-2H3,(H2,14,15,16,17,18). The van der Waals surface area contributed by atoms with Crippen LogP contribution in [0.1, 0.15) is 18.1 Å². The van der Waals surface area contributed by atoms with E-state index in [9.17, 15) is 4.79 Å². The van der Waals surface area contributed by atoms with Crippen molar-refractivity contribution in [3.05, 3.63) is 35.4 Å². The summed E-state index contributed by atoms with van der Waals surface area (Å²) in [5.41, 5.74) is 2.09. The first-order valence-corrected chi connectivity index (χ1v) is 6.08. The molecule has 2 rings (SSSR count). The quantitative estimate of drug-likeness (QED) is 0.857.